The minimum absolute atomic E-state index is 0.00482. The molecule has 1 aromatic heterocycles. The number of carbonyl (C=O) groups excluding carboxylic acids is 2. The summed E-state index contributed by atoms with van der Waals surface area (Å²) < 4.78 is 11.9. The van der Waals surface area contributed by atoms with Gasteiger partial charge in [0.25, 0.3) is 0 Å². The van der Waals surface area contributed by atoms with E-state index >= 15 is 0 Å². The molecule has 0 bridgehead atoms. The molecule has 2 aromatic rings. The minimum atomic E-state index is -0.154. The summed E-state index contributed by atoms with van der Waals surface area (Å²) in [6.07, 6.45) is 3.21. The third kappa shape index (κ3) is 5.15. The van der Waals surface area contributed by atoms with Crippen LogP contribution in [0.15, 0.2) is 35.7 Å². The van der Waals surface area contributed by atoms with Crippen LogP contribution in [0.2, 0.25) is 0 Å². The summed E-state index contributed by atoms with van der Waals surface area (Å²) in [7, 11) is 0. The number of aryl methyl sites for hydroxylation is 1. The lowest BCUT2D eigenvalue weighted by Gasteiger charge is -2.37. The van der Waals surface area contributed by atoms with Crippen molar-refractivity contribution in [2.24, 2.45) is 0 Å². The Morgan fingerprint density at radius 1 is 1.28 bits per heavy atom. The average molecular weight is 457 g/mol. The maximum Gasteiger partial charge on any atom is 0.242 e. The Bertz CT molecular complexity index is 938. The molecule has 2 atom stereocenters. The smallest absolute Gasteiger partial charge is 0.242 e. The van der Waals surface area contributed by atoms with Crippen molar-refractivity contribution < 1.29 is 19.1 Å². The first-order chi connectivity index (χ1) is 15.6. The number of hydrogen-bond acceptors (Lipinski definition) is 5. The van der Waals surface area contributed by atoms with E-state index in [1.165, 1.54) is 4.88 Å². The quantitative estimate of drug-likeness (QED) is 0.603. The van der Waals surface area contributed by atoms with Crippen LogP contribution in [0.1, 0.15) is 48.2 Å². The van der Waals surface area contributed by atoms with Crippen LogP contribution in [0.25, 0.3) is 0 Å². The van der Waals surface area contributed by atoms with Crippen molar-refractivity contribution in [2.75, 3.05) is 32.8 Å². The molecule has 2 unspecified atom stereocenters. The second kappa shape index (κ2) is 10.5. The van der Waals surface area contributed by atoms with Gasteiger partial charge < -0.3 is 19.3 Å². The molecule has 172 valence electrons. The highest BCUT2D eigenvalue weighted by Gasteiger charge is 2.34. The Kier molecular flexibility index (Phi) is 7.48. The van der Waals surface area contributed by atoms with Crippen LogP contribution in [0, 0.1) is 6.92 Å². The largest absolute Gasteiger partial charge is 0.491 e. The van der Waals surface area contributed by atoms with Crippen LogP contribution >= 0.6 is 11.3 Å². The van der Waals surface area contributed by atoms with Crippen LogP contribution in [0.4, 0.5) is 0 Å². The summed E-state index contributed by atoms with van der Waals surface area (Å²) in [6.45, 7) is 6.21. The van der Waals surface area contributed by atoms with Gasteiger partial charge in [0.05, 0.1) is 18.7 Å². The van der Waals surface area contributed by atoms with Gasteiger partial charge in [-0.25, -0.2) is 0 Å². The van der Waals surface area contributed by atoms with Crippen molar-refractivity contribution in [3.05, 3.63) is 51.7 Å². The summed E-state index contributed by atoms with van der Waals surface area (Å²) in [5.41, 5.74) is 2.23. The molecule has 7 heteroatoms. The summed E-state index contributed by atoms with van der Waals surface area (Å²) in [4.78, 5) is 30.9. The Morgan fingerprint density at radius 3 is 2.88 bits per heavy atom. The topological polar surface area (TPSA) is 59.1 Å². The molecule has 0 saturated carbocycles. The Balaban J connectivity index is 1.49. The predicted molar refractivity (Wildman–Crippen MR) is 125 cm³/mol. The van der Waals surface area contributed by atoms with E-state index in [0.29, 0.717) is 26.1 Å². The maximum atomic E-state index is 13.5. The fourth-order valence-corrected chi connectivity index (χ4v) is 5.46. The number of ether oxygens (including phenoxy) is 2. The molecule has 6 nitrogen and oxygen atoms in total. The van der Waals surface area contributed by atoms with Gasteiger partial charge in [0.1, 0.15) is 12.4 Å². The van der Waals surface area contributed by atoms with E-state index in [9.17, 15) is 9.59 Å². The first-order valence-electron chi connectivity index (χ1n) is 11.5. The van der Waals surface area contributed by atoms with Crippen LogP contribution in [0.3, 0.4) is 0 Å². The summed E-state index contributed by atoms with van der Waals surface area (Å²) in [5.74, 6) is 0.804. The third-order valence-corrected chi connectivity index (χ3v) is 7.33. The molecule has 1 aromatic carbocycles. The van der Waals surface area contributed by atoms with E-state index in [1.807, 2.05) is 43.0 Å². The molecule has 0 radical (unpaired) electrons. The lowest BCUT2D eigenvalue weighted by molar-refractivity contribution is -0.143. The minimum Gasteiger partial charge on any atom is -0.491 e. The van der Waals surface area contributed by atoms with Crippen molar-refractivity contribution in [2.45, 2.75) is 51.7 Å². The molecular weight excluding hydrogens is 424 g/mol. The number of fused-ring (bicyclic) bond motifs is 1. The van der Waals surface area contributed by atoms with Crippen molar-refractivity contribution in [1.29, 1.82) is 0 Å². The lowest BCUT2D eigenvalue weighted by Crippen LogP contribution is -2.49. The van der Waals surface area contributed by atoms with E-state index in [0.717, 1.165) is 42.7 Å². The molecule has 1 fully saturated rings. The molecule has 0 spiro atoms. The van der Waals surface area contributed by atoms with Gasteiger partial charge in [-0.15, -0.1) is 11.3 Å². The molecule has 4 rings (SSSR count). The fourth-order valence-electron chi connectivity index (χ4n) is 4.53. The highest BCUT2D eigenvalue weighted by molar-refractivity contribution is 7.10. The van der Waals surface area contributed by atoms with Crippen LogP contribution < -0.4 is 4.74 Å². The monoisotopic (exact) mass is 456 g/mol. The SMILES string of the molecule is CCC(=O)N(CC(=O)N1CCc2sccc2C1COc1ccccc1C)CC1CCCO1. The van der Waals surface area contributed by atoms with E-state index in [4.69, 9.17) is 9.47 Å². The van der Waals surface area contributed by atoms with Crippen molar-refractivity contribution in [3.8, 4) is 5.75 Å². The first kappa shape index (κ1) is 22.8. The Hall–Kier alpha value is -2.38. The Labute approximate surface area is 194 Å². The second-order valence-corrected chi connectivity index (χ2v) is 9.49. The molecule has 32 heavy (non-hydrogen) atoms. The van der Waals surface area contributed by atoms with Gasteiger partial charge in [-0.05, 0) is 54.8 Å². The zero-order chi connectivity index (χ0) is 22.5. The standard InChI is InChI=1S/C25H32N2O4S/c1-3-24(28)26(15-19-8-6-13-30-19)16-25(29)27-12-10-23-20(11-14-32-23)21(27)17-31-22-9-5-4-7-18(22)2/h4-5,7,9,11,14,19,21H,3,6,8,10,12-13,15-17H2,1-2H3. The molecule has 2 aliphatic heterocycles. The van der Waals surface area contributed by atoms with Crippen molar-refractivity contribution >= 4 is 23.2 Å². The number of hydrogen-bond donors (Lipinski definition) is 0. The summed E-state index contributed by atoms with van der Waals surface area (Å²) in [5, 5.41) is 2.09. The number of benzene rings is 1. The van der Waals surface area contributed by atoms with Gasteiger partial charge in [-0.3, -0.25) is 9.59 Å². The van der Waals surface area contributed by atoms with Gasteiger partial charge in [-0.1, -0.05) is 25.1 Å². The maximum absolute atomic E-state index is 13.5. The van der Waals surface area contributed by atoms with Gasteiger partial charge in [-0.2, -0.15) is 0 Å². The summed E-state index contributed by atoms with van der Waals surface area (Å²) >= 11 is 1.74. The molecular formula is C25H32N2O4S. The van der Waals surface area contributed by atoms with Crippen molar-refractivity contribution in [3.63, 3.8) is 0 Å². The van der Waals surface area contributed by atoms with Crippen LogP contribution in [-0.2, 0) is 20.7 Å². The molecule has 0 aliphatic carbocycles. The zero-order valence-corrected chi connectivity index (χ0v) is 19.7. The number of amides is 2. The van der Waals surface area contributed by atoms with E-state index in [-0.39, 0.29) is 30.5 Å². The molecule has 0 N–H and O–H groups in total. The van der Waals surface area contributed by atoms with Gasteiger partial charge >= 0.3 is 0 Å². The zero-order valence-electron chi connectivity index (χ0n) is 18.9. The number of carbonyl (C=O) groups is 2. The molecule has 2 amide bonds. The third-order valence-electron chi connectivity index (χ3n) is 6.33. The van der Waals surface area contributed by atoms with E-state index in [2.05, 4.69) is 11.4 Å². The van der Waals surface area contributed by atoms with Gasteiger partial charge in [0, 0.05) is 31.0 Å². The van der Waals surface area contributed by atoms with E-state index in [1.54, 1.807) is 16.2 Å². The van der Waals surface area contributed by atoms with E-state index < -0.39 is 0 Å². The van der Waals surface area contributed by atoms with Gasteiger partial charge in [0.2, 0.25) is 11.8 Å². The second-order valence-electron chi connectivity index (χ2n) is 8.49. The number of rotatable bonds is 8. The van der Waals surface area contributed by atoms with Crippen molar-refractivity contribution in [1.82, 2.24) is 9.80 Å². The fraction of sp³-hybridized carbons (Fsp3) is 0.520. The molecule has 1 saturated heterocycles. The van der Waals surface area contributed by atoms with Gasteiger partial charge in [0.15, 0.2) is 0 Å². The number of para-hydroxylation sites is 1. The highest BCUT2D eigenvalue weighted by Crippen LogP contribution is 2.34. The molecule has 2 aliphatic rings. The lowest BCUT2D eigenvalue weighted by atomic mass is 10.00. The number of nitrogens with zero attached hydrogens (tertiary/aromatic N) is 2. The predicted octanol–water partition coefficient (Wildman–Crippen LogP) is 3.98. The highest BCUT2D eigenvalue weighted by atomic mass is 32.1. The van der Waals surface area contributed by atoms with Crippen LogP contribution in [0.5, 0.6) is 5.75 Å². The first-order valence-corrected chi connectivity index (χ1v) is 12.4. The Morgan fingerprint density at radius 2 is 2.12 bits per heavy atom. The molecule has 3 heterocycles. The summed E-state index contributed by atoms with van der Waals surface area (Å²) in [6, 6.07) is 9.88. The number of thiophene rings is 1. The average Bonchev–Trinajstić information content (AvgIpc) is 3.49. The van der Waals surface area contributed by atoms with Crippen LogP contribution in [-0.4, -0.2) is 60.6 Å². The normalized spacial score (nSPS) is 20.1.